The van der Waals surface area contributed by atoms with E-state index in [0.717, 1.165) is 45.3 Å². The lowest BCUT2D eigenvalue weighted by Gasteiger charge is -2.41. The van der Waals surface area contributed by atoms with Crippen LogP contribution in [-0.4, -0.2) is 49.1 Å². The van der Waals surface area contributed by atoms with Crippen LogP contribution in [0.15, 0.2) is 42.5 Å². The van der Waals surface area contributed by atoms with Crippen LogP contribution in [0.2, 0.25) is 0 Å². The lowest BCUT2D eigenvalue weighted by Crippen LogP contribution is -2.55. The van der Waals surface area contributed by atoms with E-state index in [9.17, 15) is 9.59 Å². The third-order valence-corrected chi connectivity index (χ3v) is 7.35. The molecule has 0 unspecified atom stereocenters. The van der Waals surface area contributed by atoms with Crippen LogP contribution in [0.1, 0.15) is 51.0 Å². The molecule has 2 amide bonds. The minimum atomic E-state index is -0.498. The quantitative estimate of drug-likeness (QED) is 0.795. The Hall–Kier alpha value is -2.14. The van der Waals surface area contributed by atoms with Crippen molar-refractivity contribution < 1.29 is 14.3 Å². The van der Waals surface area contributed by atoms with Gasteiger partial charge in [0.25, 0.3) is 0 Å². The Morgan fingerprint density at radius 1 is 1.14 bits per heavy atom. The highest BCUT2D eigenvalue weighted by atomic mass is 16.5. The van der Waals surface area contributed by atoms with E-state index in [1.807, 2.05) is 17.0 Å². The third kappa shape index (κ3) is 3.73. The normalized spacial score (nSPS) is 28.4. The molecule has 1 saturated heterocycles. The number of allylic oxidation sites excluding steroid dienone is 1. The van der Waals surface area contributed by atoms with Crippen molar-refractivity contribution in [3.63, 3.8) is 0 Å². The Kier molecular flexibility index (Phi) is 5.77. The second-order valence-corrected chi connectivity index (χ2v) is 8.85. The molecule has 4 rings (SSSR count). The van der Waals surface area contributed by atoms with Crippen LogP contribution < -0.4 is 5.32 Å². The van der Waals surface area contributed by atoms with Gasteiger partial charge in [0, 0.05) is 44.7 Å². The number of fused-ring (bicyclic) bond motifs is 1. The van der Waals surface area contributed by atoms with Crippen molar-refractivity contribution in [1.29, 1.82) is 0 Å². The standard InChI is InChI=1S/C24H32N2O3/c1-19(27)26-15-6-5-11-24(12-7-10-21(24)26)22(28)25-18-23(13-16-29-17-14-23)20-8-3-2-4-9-20/h2-6,8-9,21H,7,10-18H2,1H3,(H,25,28)/t21-,24-/m1/s1. The number of hydrogen-bond acceptors (Lipinski definition) is 3. The van der Waals surface area contributed by atoms with E-state index in [4.69, 9.17) is 4.74 Å². The van der Waals surface area contributed by atoms with Crippen molar-refractivity contribution in [2.45, 2.75) is 56.9 Å². The maximum absolute atomic E-state index is 13.6. The maximum atomic E-state index is 13.6. The van der Waals surface area contributed by atoms with Crippen LogP contribution in [-0.2, 0) is 19.7 Å². The summed E-state index contributed by atoms with van der Waals surface area (Å²) in [4.78, 5) is 27.8. The Bertz CT molecular complexity index is 770. The number of nitrogens with one attached hydrogen (secondary N) is 1. The van der Waals surface area contributed by atoms with Crippen molar-refractivity contribution in [3.05, 3.63) is 48.0 Å². The summed E-state index contributed by atoms with van der Waals surface area (Å²) in [5, 5.41) is 3.34. The summed E-state index contributed by atoms with van der Waals surface area (Å²) in [6.45, 7) is 4.29. The third-order valence-electron chi connectivity index (χ3n) is 7.35. The highest BCUT2D eigenvalue weighted by Gasteiger charge is 2.52. The van der Waals surface area contributed by atoms with Crippen molar-refractivity contribution >= 4 is 11.8 Å². The zero-order valence-corrected chi connectivity index (χ0v) is 17.4. The number of hydrogen-bond donors (Lipinski definition) is 1. The molecular weight excluding hydrogens is 364 g/mol. The Balaban J connectivity index is 1.56. The summed E-state index contributed by atoms with van der Waals surface area (Å²) in [6, 6.07) is 10.5. The molecule has 2 atom stereocenters. The monoisotopic (exact) mass is 396 g/mol. The van der Waals surface area contributed by atoms with Gasteiger partial charge in [0.15, 0.2) is 0 Å². The number of amides is 2. The SMILES string of the molecule is CC(=O)N1CC=CC[C@@]2(C(=O)NCC3(c4ccccc4)CCOCC3)CCC[C@@H]12. The van der Waals surface area contributed by atoms with Gasteiger partial charge in [-0.2, -0.15) is 0 Å². The van der Waals surface area contributed by atoms with Gasteiger partial charge in [-0.3, -0.25) is 9.59 Å². The first-order valence-electron chi connectivity index (χ1n) is 10.9. The van der Waals surface area contributed by atoms with Gasteiger partial charge in [0.05, 0.1) is 5.41 Å². The van der Waals surface area contributed by atoms with Gasteiger partial charge in [-0.05, 0) is 37.7 Å². The number of ether oxygens (including phenoxy) is 1. The van der Waals surface area contributed by atoms with Gasteiger partial charge in [-0.1, -0.05) is 48.9 Å². The topological polar surface area (TPSA) is 58.6 Å². The van der Waals surface area contributed by atoms with Gasteiger partial charge in [0.1, 0.15) is 0 Å². The van der Waals surface area contributed by atoms with E-state index in [-0.39, 0.29) is 23.3 Å². The fourth-order valence-electron chi connectivity index (χ4n) is 5.61. The maximum Gasteiger partial charge on any atom is 0.228 e. The molecule has 1 N–H and O–H groups in total. The second-order valence-electron chi connectivity index (χ2n) is 8.85. The Labute approximate surface area is 173 Å². The van der Waals surface area contributed by atoms with E-state index in [0.29, 0.717) is 19.5 Å². The summed E-state index contributed by atoms with van der Waals surface area (Å²) in [6.07, 6.45) is 9.43. The van der Waals surface area contributed by atoms with Crippen LogP contribution in [0, 0.1) is 5.41 Å². The van der Waals surface area contributed by atoms with E-state index >= 15 is 0 Å². The van der Waals surface area contributed by atoms with Gasteiger partial charge in [0.2, 0.25) is 11.8 Å². The van der Waals surface area contributed by atoms with Gasteiger partial charge >= 0.3 is 0 Å². The Morgan fingerprint density at radius 3 is 2.62 bits per heavy atom. The molecule has 1 aromatic rings. The molecule has 5 nitrogen and oxygen atoms in total. The summed E-state index contributed by atoms with van der Waals surface area (Å²) < 4.78 is 5.63. The molecule has 2 aliphatic heterocycles. The number of rotatable bonds is 4. The molecule has 0 bridgehead atoms. The van der Waals surface area contributed by atoms with Crippen molar-refractivity contribution in [3.8, 4) is 0 Å². The molecule has 29 heavy (non-hydrogen) atoms. The molecule has 1 saturated carbocycles. The molecule has 0 radical (unpaired) electrons. The van der Waals surface area contributed by atoms with Crippen LogP contribution in [0.4, 0.5) is 0 Å². The van der Waals surface area contributed by atoms with E-state index in [2.05, 4.69) is 35.7 Å². The van der Waals surface area contributed by atoms with Gasteiger partial charge in [-0.25, -0.2) is 0 Å². The van der Waals surface area contributed by atoms with Crippen LogP contribution in [0.5, 0.6) is 0 Å². The summed E-state index contributed by atoms with van der Waals surface area (Å²) in [5.74, 6) is 0.172. The lowest BCUT2D eigenvalue weighted by molar-refractivity contribution is -0.139. The minimum absolute atomic E-state index is 0.00244. The predicted octanol–water partition coefficient (Wildman–Crippen LogP) is 3.20. The summed E-state index contributed by atoms with van der Waals surface area (Å²) in [7, 11) is 0. The van der Waals surface area contributed by atoms with Gasteiger partial charge in [-0.15, -0.1) is 0 Å². The number of benzene rings is 1. The molecule has 3 aliphatic rings. The largest absolute Gasteiger partial charge is 0.381 e. The van der Waals surface area contributed by atoms with Crippen molar-refractivity contribution in [2.75, 3.05) is 26.3 Å². The highest BCUT2D eigenvalue weighted by Crippen LogP contribution is 2.46. The fourth-order valence-corrected chi connectivity index (χ4v) is 5.61. The molecule has 1 aliphatic carbocycles. The first-order valence-corrected chi connectivity index (χ1v) is 10.9. The van der Waals surface area contributed by atoms with Crippen LogP contribution in [0.3, 0.4) is 0 Å². The molecule has 2 heterocycles. The smallest absolute Gasteiger partial charge is 0.228 e. The Morgan fingerprint density at radius 2 is 1.90 bits per heavy atom. The average Bonchev–Trinajstić information content (AvgIpc) is 3.08. The van der Waals surface area contributed by atoms with Gasteiger partial charge < -0.3 is 15.0 Å². The molecule has 0 aromatic heterocycles. The second kappa shape index (κ2) is 8.31. The number of carbonyl (C=O) groups excluding carboxylic acids is 2. The lowest BCUT2D eigenvalue weighted by atomic mass is 9.73. The van der Waals surface area contributed by atoms with Crippen LogP contribution >= 0.6 is 0 Å². The van der Waals surface area contributed by atoms with E-state index < -0.39 is 5.41 Å². The fraction of sp³-hybridized carbons (Fsp3) is 0.583. The first-order chi connectivity index (χ1) is 14.1. The summed E-state index contributed by atoms with van der Waals surface area (Å²) in [5.41, 5.74) is 0.692. The zero-order valence-electron chi connectivity index (χ0n) is 17.4. The predicted molar refractivity (Wildman–Crippen MR) is 112 cm³/mol. The average molecular weight is 397 g/mol. The number of carbonyl (C=O) groups is 2. The van der Waals surface area contributed by atoms with E-state index in [1.54, 1.807) is 6.92 Å². The molecular formula is C24H32N2O3. The van der Waals surface area contributed by atoms with Crippen LogP contribution in [0.25, 0.3) is 0 Å². The summed E-state index contributed by atoms with van der Waals surface area (Å²) >= 11 is 0. The molecule has 156 valence electrons. The molecule has 0 spiro atoms. The zero-order chi connectivity index (χ0) is 20.3. The minimum Gasteiger partial charge on any atom is -0.381 e. The first kappa shape index (κ1) is 20.1. The number of nitrogens with zero attached hydrogens (tertiary/aromatic N) is 1. The molecule has 5 heteroatoms. The van der Waals surface area contributed by atoms with Crippen molar-refractivity contribution in [1.82, 2.24) is 10.2 Å². The van der Waals surface area contributed by atoms with E-state index in [1.165, 1.54) is 5.56 Å². The molecule has 2 fully saturated rings. The van der Waals surface area contributed by atoms with Crippen molar-refractivity contribution in [2.24, 2.45) is 5.41 Å². The molecule has 1 aromatic carbocycles. The highest BCUT2D eigenvalue weighted by molar-refractivity contribution is 5.85.